The molecule has 0 heterocycles. The van der Waals surface area contributed by atoms with Crippen LogP contribution in [-0.4, -0.2) is 38.6 Å². The van der Waals surface area contributed by atoms with Crippen molar-refractivity contribution in [2.24, 2.45) is 4.99 Å². The number of aliphatic imine (C=N–C) groups is 1. The van der Waals surface area contributed by atoms with Crippen molar-refractivity contribution in [3.63, 3.8) is 0 Å². The fraction of sp³-hybridized carbons (Fsp3) is 0.357. The molecule has 0 N–H and O–H groups in total. The quantitative estimate of drug-likeness (QED) is 0.430. The highest BCUT2D eigenvalue weighted by atomic mass is 16.5. The number of para-hydroxylation sites is 1. The first-order valence-corrected chi connectivity index (χ1v) is 6.05. The van der Waals surface area contributed by atoms with Crippen molar-refractivity contribution in [1.82, 2.24) is 0 Å². The van der Waals surface area contributed by atoms with Gasteiger partial charge in [-0.3, -0.25) is 4.79 Å². The van der Waals surface area contributed by atoms with Gasteiger partial charge in [0.25, 0.3) is 0 Å². The van der Waals surface area contributed by atoms with Gasteiger partial charge in [-0.2, -0.15) is 0 Å². The zero-order chi connectivity index (χ0) is 14.8. The number of ether oxygens (including phenoxy) is 3. The summed E-state index contributed by atoms with van der Waals surface area (Å²) < 4.78 is 14.4. The summed E-state index contributed by atoms with van der Waals surface area (Å²) >= 11 is 0. The molecule has 0 aliphatic rings. The summed E-state index contributed by atoms with van der Waals surface area (Å²) in [4.78, 5) is 26.5. The summed E-state index contributed by atoms with van der Waals surface area (Å²) in [7, 11) is 2.55. The third-order valence-electron chi connectivity index (χ3n) is 2.50. The molecule has 0 aliphatic carbocycles. The second-order valence-electron chi connectivity index (χ2n) is 3.84. The van der Waals surface area contributed by atoms with Gasteiger partial charge in [0.2, 0.25) is 0 Å². The Labute approximate surface area is 117 Å². The lowest BCUT2D eigenvalue weighted by atomic mass is 10.1. The van der Waals surface area contributed by atoms with Crippen LogP contribution in [0.1, 0.15) is 12.8 Å². The summed E-state index contributed by atoms with van der Waals surface area (Å²) in [5.74, 6) is -0.326. The molecule has 1 atom stereocenters. The number of esters is 2. The Kier molecular flexibility index (Phi) is 6.81. The Morgan fingerprint density at radius 2 is 1.90 bits per heavy atom. The predicted molar refractivity (Wildman–Crippen MR) is 72.6 cm³/mol. The van der Waals surface area contributed by atoms with Crippen LogP contribution in [0.3, 0.4) is 0 Å². The topological polar surface area (TPSA) is 74.2 Å². The molecule has 0 radical (unpaired) electrons. The number of hydrogen-bond acceptors (Lipinski definition) is 6. The molecule has 0 amide bonds. The van der Waals surface area contributed by atoms with Gasteiger partial charge in [-0.1, -0.05) is 18.2 Å². The van der Waals surface area contributed by atoms with Crippen LogP contribution in [0, 0.1) is 0 Å². The van der Waals surface area contributed by atoms with Crippen LogP contribution in [0.5, 0.6) is 5.75 Å². The van der Waals surface area contributed by atoms with Crippen LogP contribution >= 0.6 is 0 Å². The van der Waals surface area contributed by atoms with Crippen LogP contribution in [0.15, 0.2) is 35.3 Å². The van der Waals surface area contributed by atoms with E-state index in [-0.39, 0.29) is 12.8 Å². The van der Waals surface area contributed by atoms with Crippen LogP contribution < -0.4 is 4.74 Å². The van der Waals surface area contributed by atoms with Gasteiger partial charge in [0.15, 0.2) is 12.4 Å². The number of carbonyl (C=O) groups excluding carboxylic acids is 2. The lowest BCUT2D eigenvalue weighted by Crippen LogP contribution is -2.22. The van der Waals surface area contributed by atoms with E-state index in [1.54, 1.807) is 12.1 Å². The molecule has 108 valence electrons. The second-order valence-corrected chi connectivity index (χ2v) is 3.84. The smallest absolute Gasteiger partial charge is 0.330 e. The Morgan fingerprint density at radius 1 is 1.20 bits per heavy atom. The first kappa shape index (κ1) is 15.7. The van der Waals surface area contributed by atoms with E-state index in [2.05, 4.69) is 14.5 Å². The molecule has 0 aromatic heterocycles. The molecule has 1 aromatic rings. The van der Waals surface area contributed by atoms with E-state index in [0.29, 0.717) is 5.75 Å². The van der Waals surface area contributed by atoms with Gasteiger partial charge in [0.05, 0.1) is 14.2 Å². The number of methoxy groups -OCH3 is 2. The maximum atomic E-state index is 11.5. The first-order valence-electron chi connectivity index (χ1n) is 6.05. The van der Waals surface area contributed by atoms with Crippen molar-refractivity contribution < 1.29 is 23.8 Å². The van der Waals surface area contributed by atoms with Crippen molar-refractivity contribution in [3.05, 3.63) is 30.3 Å². The third-order valence-corrected chi connectivity index (χ3v) is 2.50. The Balaban J connectivity index is 2.55. The number of benzene rings is 1. The average Bonchev–Trinajstić information content (AvgIpc) is 2.50. The Hall–Kier alpha value is -2.37. The van der Waals surface area contributed by atoms with E-state index >= 15 is 0 Å². The van der Waals surface area contributed by atoms with E-state index in [1.807, 2.05) is 18.2 Å². The number of rotatable bonds is 7. The predicted octanol–water partition coefficient (Wildman–Crippen LogP) is 1.59. The zero-order valence-electron chi connectivity index (χ0n) is 11.4. The largest absolute Gasteiger partial charge is 0.469 e. The molecule has 0 fully saturated rings. The van der Waals surface area contributed by atoms with Gasteiger partial charge in [0, 0.05) is 6.42 Å². The van der Waals surface area contributed by atoms with Crippen molar-refractivity contribution in [1.29, 1.82) is 0 Å². The van der Waals surface area contributed by atoms with Crippen LogP contribution in [0.4, 0.5) is 0 Å². The van der Waals surface area contributed by atoms with E-state index in [1.165, 1.54) is 20.6 Å². The van der Waals surface area contributed by atoms with E-state index < -0.39 is 18.0 Å². The monoisotopic (exact) mass is 279 g/mol. The van der Waals surface area contributed by atoms with Crippen molar-refractivity contribution in [2.45, 2.75) is 18.9 Å². The summed E-state index contributed by atoms with van der Waals surface area (Å²) in [6.07, 6.45) is 1.46. The number of nitrogens with zero attached hydrogens (tertiary/aromatic N) is 1. The SMILES string of the molecule is COC(=O)CCC(N=COc1ccccc1)C(=O)OC. The zero-order valence-corrected chi connectivity index (χ0v) is 11.4. The molecule has 6 heteroatoms. The Bertz CT molecular complexity index is 458. The van der Waals surface area contributed by atoms with Crippen molar-refractivity contribution in [2.75, 3.05) is 14.2 Å². The minimum absolute atomic E-state index is 0.0823. The molecular formula is C14H17NO5. The van der Waals surface area contributed by atoms with Gasteiger partial charge in [-0.25, -0.2) is 9.79 Å². The first-order chi connectivity index (χ1) is 9.67. The normalized spacial score (nSPS) is 11.9. The number of hydrogen-bond donors (Lipinski definition) is 0. The lowest BCUT2D eigenvalue weighted by Gasteiger charge is -2.09. The minimum atomic E-state index is -0.789. The molecule has 0 aliphatic heterocycles. The summed E-state index contributed by atoms with van der Waals surface area (Å²) in [6, 6.07) is 8.22. The molecule has 1 aromatic carbocycles. The molecule has 0 spiro atoms. The fourth-order valence-electron chi connectivity index (χ4n) is 1.41. The maximum Gasteiger partial charge on any atom is 0.330 e. The van der Waals surface area contributed by atoms with Crippen molar-refractivity contribution in [3.8, 4) is 5.75 Å². The van der Waals surface area contributed by atoms with Crippen LogP contribution in [-0.2, 0) is 19.1 Å². The summed E-state index contributed by atoms with van der Waals surface area (Å²) in [5, 5.41) is 0. The maximum absolute atomic E-state index is 11.5. The van der Waals surface area contributed by atoms with E-state index in [0.717, 1.165) is 0 Å². The fourth-order valence-corrected chi connectivity index (χ4v) is 1.41. The van der Waals surface area contributed by atoms with Crippen LogP contribution in [0.25, 0.3) is 0 Å². The van der Waals surface area contributed by atoms with Gasteiger partial charge >= 0.3 is 11.9 Å². The molecule has 1 unspecified atom stereocenters. The molecule has 6 nitrogen and oxygen atoms in total. The highest BCUT2D eigenvalue weighted by Crippen LogP contribution is 2.08. The van der Waals surface area contributed by atoms with Gasteiger partial charge in [-0.05, 0) is 18.6 Å². The highest BCUT2D eigenvalue weighted by molar-refractivity contribution is 5.78. The summed E-state index contributed by atoms with van der Waals surface area (Å²) in [6.45, 7) is 0. The van der Waals surface area contributed by atoms with Gasteiger partial charge < -0.3 is 14.2 Å². The Morgan fingerprint density at radius 3 is 2.50 bits per heavy atom. The van der Waals surface area contributed by atoms with Gasteiger partial charge in [-0.15, -0.1) is 0 Å². The van der Waals surface area contributed by atoms with E-state index in [4.69, 9.17) is 4.74 Å². The van der Waals surface area contributed by atoms with E-state index in [9.17, 15) is 9.59 Å². The average molecular weight is 279 g/mol. The molecule has 0 bridgehead atoms. The summed E-state index contributed by atoms with van der Waals surface area (Å²) in [5.41, 5.74) is 0. The molecular weight excluding hydrogens is 262 g/mol. The van der Waals surface area contributed by atoms with Gasteiger partial charge in [0.1, 0.15) is 5.75 Å². The molecule has 0 saturated heterocycles. The molecule has 1 rings (SSSR count). The van der Waals surface area contributed by atoms with Crippen molar-refractivity contribution >= 4 is 18.3 Å². The third kappa shape index (κ3) is 5.51. The standard InChI is InChI=1S/C14H17NO5/c1-18-13(16)9-8-12(14(17)19-2)15-10-20-11-6-4-3-5-7-11/h3-7,10,12H,8-9H2,1-2H3. The molecule has 0 saturated carbocycles. The molecule has 20 heavy (non-hydrogen) atoms. The minimum Gasteiger partial charge on any atom is -0.469 e. The lowest BCUT2D eigenvalue weighted by molar-refractivity contribution is -0.143. The number of carbonyl (C=O) groups is 2. The van der Waals surface area contributed by atoms with Crippen LogP contribution in [0.2, 0.25) is 0 Å². The second kappa shape index (κ2) is 8.68. The highest BCUT2D eigenvalue weighted by Gasteiger charge is 2.19.